The molecule has 0 saturated carbocycles. The van der Waals surface area contributed by atoms with Gasteiger partial charge >= 0.3 is 0 Å². The molecule has 160 valence electrons. The van der Waals surface area contributed by atoms with Crippen molar-refractivity contribution in [1.29, 1.82) is 0 Å². The summed E-state index contributed by atoms with van der Waals surface area (Å²) >= 11 is 0. The first kappa shape index (κ1) is 21.4. The van der Waals surface area contributed by atoms with Gasteiger partial charge in [0, 0.05) is 32.2 Å². The van der Waals surface area contributed by atoms with E-state index in [9.17, 15) is 9.18 Å². The molecular weight excluding hydrogens is 387 g/mol. The Bertz CT molecular complexity index is 904. The van der Waals surface area contributed by atoms with Crippen LogP contribution in [0.3, 0.4) is 0 Å². The fourth-order valence-corrected chi connectivity index (χ4v) is 4.45. The molecule has 3 aromatic rings. The number of nitrogens with zero attached hydrogens (tertiary/aromatic N) is 2. The summed E-state index contributed by atoms with van der Waals surface area (Å²) in [6, 6.07) is 28.0. The number of carbonyl (C=O) groups is 1. The minimum atomic E-state index is -0.232. The average molecular weight is 417 g/mol. The summed E-state index contributed by atoms with van der Waals surface area (Å²) < 4.78 is 13.3. The summed E-state index contributed by atoms with van der Waals surface area (Å²) in [6.07, 6.45) is 2.90. The summed E-state index contributed by atoms with van der Waals surface area (Å²) in [5, 5.41) is 0. The molecule has 1 unspecified atom stereocenters. The lowest BCUT2D eigenvalue weighted by Crippen LogP contribution is -2.51. The van der Waals surface area contributed by atoms with Crippen molar-refractivity contribution in [1.82, 2.24) is 9.80 Å². The second-order valence-electron chi connectivity index (χ2n) is 8.37. The minimum Gasteiger partial charge on any atom is -0.302 e. The molecule has 4 rings (SSSR count). The van der Waals surface area contributed by atoms with Crippen molar-refractivity contribution in [3.8, 4) is 0 Å². The van der Waals surface area contributed by atoms with Crippen LogP contribution >= 0.6 is 0 Å². The number of aldehydes is 1. The first-order valence-corrected chi connectivity index (χ1v) is 11.0. The van der Waals surface area contributed by atoms with Crippen molar-refractivity contribution in [2.24, 2.45) is 0 Å². The molecular formula is C27H29FN2O. The topological polar surface area (TPSA) is 23.6 Å². The molecule has 3 nitrogen and oxygen atoms in total. The zero-order chi connectivity index (χ0) is 21.5. The molecule has 2 atom stereocenters. The van der Waals surface area contributed by atoms with Gasteiger partial charge in [-0.25, -0.2) is 4.39 Å². The lowest BCUT2D eigenvalue weighted by molar-refractivity contribution is -0.114. The summed E-state index contributed by atoms with van der Waals surface area (Å²) in [7, 11) is 0. The predicted octanol–water partition coefficient (Wildman–Crippen LogP) is 5.06. The van der Waals surface area contributed by atoms with Gasteiger partial charge in [0.25, 0.3) is 0 Å². The van der Waals surface area contributed by atoms with E-state index in [0.717, 1.165) is 44.3 Å². The molecule has 1 saturated heterocycles. The van der Waals surface area contributed by atoms with Gasteiger partial charge in [-0.05, 0) is 41.7 Å². The standard InChI is InChI=1S/C27H29FN2O/c28-25-13-11-24(12-14-25)19-30-20-26(15-16-27(30)21-31)29(17-22-7-3-1-4-8-22)18-23-9-5-2-6-10-23/h1-14,21,26-27H,15-20H2/t26-,27?/m0/s1. The van der Waals surface area contributed by atoms with Crippen LogP contribution in [-0.4, -0.2) is 34.7 Å². The molecule has 0 aliphatic carbocycles. The van der Waals surface area contributed by atoms with E-state index in [4.69, 9.17) is 0 Å². The van der Waals surface area contributed by atoms with Crippen LogP contribution < -0.4 is 0 Å². The number of piperidine rings is 1. The number of rotatable bonds is 8. The molecule has 1 aliphatic rings. The fourth-order valence-electron chi connectivity index (χ4n) is 4.45. The molecule has 4 heteroatoms. The Labute approximate surface area is 184 Å². The second-order valence-corrected chi connectivity index (χ2v) is 8.37. The third-order valence-electron chi connectivity index (χ3n) is 6.14. The Morgan fingerprint density at radius 3 is 1.94 bits per heavy atom. The molecule has 31 heavy (non-hydrogen) atoms. The molecule has 3 aromatic carbocycles. The summed E-state index contributed by atoms with van der Waals surface area (Å²) in [4.78, 5) is 16.5. The van der Waals surface area contributed by atoms with Gasteiger partial charge < -0.3 is 4.79 Å². The predicted molar refractivity (Wildman–Crippen MR) is 122 cm³/mol. The van der Waals surface area contributed by atoms with Gasteiger partial charge in [-0.15, -0.1) is 0 Å². The van der Waals surface area contributed by atoms with Gasteiger partial charge in [-0.2, -0.15) is 0 Å². The third-order valence-corrected chi connectivity index (χ3v) is 6.14. The van der Waals surface area contributed by atoms with Crippen molar-refractivity contribution in [3.05, 3.63) is 107 Å². The van der Waals surface area contributed by atoms with Crippen LogP contribution in [0.25, 0.3) is 0 Å². The van der Waals surface area contributed by atoms with Crippen molar-refractivity contribution in [3.63, 3.8) is 0 Å². The molecule has 0 aromatic heterocycles. The van der Waals surface area contributed by atoms with Crippen LogP contribution in [0.2, 0.25) is 0 Å². The van der Waals surface area contributed by atoms with Crippen LogP contribution in [-0.2, 0) is 24.4 Å². The lowest BCUT2D eigenvalue weighted by atomic mass is 9.96. The van der Waals surface area contributed by atoms with Crippen LogP contribution in [0.5, 0.6) is 0 Å². The SMILES string of the molecule is O=CC1CC[C@H](N(Cc2ccccc2)Cc2ccccc2)CN1Cc1ccc(F)cc1. The second kappa shape index (κ2) is 10.5. The molecule has 0 N–H and O–H groups in total. The van der Waals surface area contributed by atoms with Crippen molar-refractivity contribution in [2.75, 3.05) is 6.54 Å². The third kappa shape index (κ3) is 5.87. The highest BCUT2D eigenvalue weighted by Crippen LogP contribution is 2.25. The summed E-state index contributed by atoms with van der Waals surface area (Å²) in [5.41, 5.74) is 3.62. The molecule has 0 radical (unpaired) electrons. The molecule has 0 amide bonds. The number of carbonyl (C=O) groups excluding carboxylic acids is 1. The van der Waals surface area contributed by atoms with E-state index in [-0.39, 0.29) is 11.9 Å². The molecule has 0 bridgehead atoms. The van der Waals surface area contributed by atoms with E-state index in [2.05, 4.69) is 58.3 Å². The van der Waals surface area contributed by atoms with Gasteiger partial charge in [0.2, 0.25) is 0 Å². The highest BCUT2D eigenvalue weighted by Gasteiger charge is 2.31. The van der Waals surface area contributed by atoms with E-state index in [0.29, 0.717) is 12.6 Å². The Kier molecular flexibility index (Phi) is 7.23. The van der Waals surface area contributed by atoms with Crippen molar-refractivity contribution in [2.45, 2.75) is 44.6 Å². The first-order valence-electron chi connectivity index (χ1n) is 11.0. The molecule has 1 aliphatic heterocycles. The largest absolute Gasteiger partial charge is 0.302 e. The van der Waals surface area contributed by atoms with E-state index < -0.39 is 0 Å². The summed E-state index contributed by atoms with van der Waals surface area (Å²) in [5.74, 6) is -0.232. The number of benzene rings is 3. The maximum atomic E-state index is 13.3. The molecule has 1 fully saturated rings. The highest BCUT2D eigenvalue weighted by atomic mass is 19.1. The lowest BCUT2D eigenvalue weighted by Gasteiger charge is -2.42. The number of hydrogen-bond donors (Lipinski definition) is 0. The maximum absolute atomic E-state index is 13.3. The normalized spacial score (nSPS) is 19.4. The van der Waals surface area contributed by atoms with Gasteiger partial charge in [0.15, 0.2) is 0 Å². The quantitative estimate of drug-likeness (QED) is 0.480. The number of halogens is 1. The Balaban J connectivity index is 1.53. The fraction of sp³-hybridized carbons (Fsp3) is 0.296. The van der Waals surface area contributed by atoms with Crippen LogP contribution in [0.4, 0.5) is 4.39 Å². The van der Waals surface area contributed by atoms with Crippen LogP contribution in [0.1, 0.15) is 29.5 Å². The van der Waals surface area contributed by atoms with Crippen LogP contribution in [0, 0.1) is 5.82 Å². The molecule has 1 heterocycles. The Hall–Kier alpha value is -2.82. The zero-order valence-electron chi connectivity index (χ0n) is 17.7. The smallest absolute Gasteiger partial charge is 0.137 e. The van der Waals surface area contributed by atoms with Gasteiger partial charge in [0.1, 0.15) is 12.1 Å². The number of likely N-dealkylation sites (tertiary alicyclic amines) is 1. The van der Waals surface area contributed by atoms with E-state index in [1.807, 2.05) is 24.3 Å². The maximum Gasteiger partial charge on any atom is 0.137 e. The first-order chi connectivity index (χ1) is 15.2. The Morgan fingerprint density at radius 1 is 0.806 bits per heavy atom. The zero-order valence-corrected chi connectivity index (χ0v) is 17.7. The Morgan fingerprint density at radius 2 is 1.39 bits per heavy atom. The van der Waals surface area contributed by atoms with Gasteiger partial charge in [-0.3, -0.25) is 9.80 Å². The monoisotopic (exact) mass is 416 g/mol. The van der Waals surface area contributed by atoms with E-state index in [1.165, 1.54) is 23.3 Å². The average Bonchev–Trinajstić information content (AvgIpc) is 2.81. The molecule has 0 spiro atoms. The summed E-state index contributed by atoms with van der Waals surface area (Å²) in [6.45, 7) is 3.22. The number of hydrogen-bond acceptors (Lipinski definition) is 3. The highest BCUT2D eigenvalue weighted by molar-refractivity contribution is 5.57. The van der Waals surface area contributed by atoms with Gasteiger partial charge in [-0.1, -0.05) is 72.8 Å². The van der Waals surface area contributed by atoms with Crippen molar-refractivity contribution >= 4 is 6.29 Å². The van der Waals surface area contributed by atoms with Gasteiger partial charge in [0.05, 0.1) is 6.04 Å². The van der Waals surface area contributed by atoms with Crippen molar-refractivity contribution < 1.29 is 9.18 Å². The van der Waals surface area contributed by atoms with Crippen LogP contribution in [0.15, 0.2) is 84.9 Å². The van der Waals surface area contributed by atoms with E-state index in [1.54, 1.807) is 0 Å². The minimum absolute atomic E-state index is 0.0865. The van der Waals surface area contributed by atoms with E-state index >= 15 is 0 Å².